The number of hydrogen-bond donors (Lipinski definition) is 2. The maximum absolute atomic E-state index is 11.6. The molecule has 0 radical (unpaired) electrons. The van der Waals surface area contributed by atoms with Gasteiger partial charge in [-0.25, -0.2) is 0 Å². The third kappa shape index (κ3) is 7.14. The molecule has 0 aliphatic carbocycles. The van der Waals surface area contributed by atoms with E-state index in [1.165, 1.54) is 0 Å². The van der Waals surface area contributed by atoms with Gasteiger partial charge in [-0.3, -0.25) is 4.79 Å². The van der Waals surface area contributed by atoms with E-state index >= 15 is 0 Å². The van der Waals surface area contributed by atoms with E-state index in [2.05, 4.69) is 24.5 Å². The fourth-order valence-corrected chi connectivity index (χ4v) is 1.85. The summed E-state index contributed by atoms with van der Waals surface area (Å²) in [5.74, 6) is 1.43. The Morgan fingerprint density at radius 2 is 1.71 bits per heavy atom. The second-order valence-corrected chi connectivity index (χ2v) is 6.10. The largest absolute Gasteiger partial charge is 0.493 e. The molecule has 4 nitrogen and oxygen atoms in total. The molecule has 118 valence electrons. The maximum atomic E-state index is 11.6. The zero-order chi connectivity index (χ0) is 15.8. The minimum Gasteiger partial charge on any atom is -0.493 e. The third-order valence-electron chi connectivity index (χ3n) is 2.98. The van der Waals surface area contributed by atoms with Crippen LogP contribution >= 0.6 is 0 Å². The van der Waals surface area contributed by atoms with E-state index in [9.17, 15) is 4.79 Å². The number of carbonyl (C=O) groups excluding carboxylic acids is 1. The van der Waals surface area contributed by atoms with E-state index < -0.39 is 0 Å². The number of rotatable bonds is 8. The highest BCUT2D eigenvalue weighted by Crippen LogP contribution is 2.18. The summed E-state index contributed by atoms with van der Waals surface area (Å²) in [6, 6.07) is 8.32. The summed E-state index contributed by atoms with van der Waals surface area (Å²) in [7, 11) is 0. The van der Waals surface area contributed by atoms with Crippen LogP contribution in [0.3, 0.4) is 0 Å². The van der Waals surface area contributed by atoms with Crippen molar-refractivity contribution in [2.24, 2.45) is 5.92 Å². The first-order chi connectivity index (χ1) is 9.88. The second kappa shape index (κ2) is 8.67. The third-order valence-corrected chi connectivity index (χ3v) is 2.98. The Morgan fingerprint density at radius 3 is 2.24 bits per heavy atom. The van der Waals surface area contributed by atoms with E-state index in [0.717, 1.165) is 17.9 Å². The highest BCUT2D eigenvalue weighted by molar-refractivity contribution is 5.78. The lowest BCUT2D eigenvalue weighted by Crippen LogP contribution is -2.38. The van der Waals surface area contributed by atoms with Crippen molar-refractivity contribution in [3.05, 3.63) is 29.8 Å². The van der Waals surface area contributed by atoms with Crippen LogP contribution in [-0.4, -0.2) is 25.1 Å². The molecule has 0 saturated heterocycles. The molecule has 1 amide bonds. The van der Waals surface area contributed by atoms with Crippen molar-refractivity contribution in [3.8, 4) is 5.75 Å². The summed E-state index contributed by atoms with van der Waals surface area (Å²) in [6.45, 7) is 11.3. The van der Waals surface area contributed by atoms with Gasteiger partial charge >= 0.3 is 0 Å². The molecule has 4 heteroatoms. The first kappa shape index (κ1) is 17.5. The van der Waals surface area contributed by atoms with Gasteiger partial charge < -0.3 is 15.4 Å². The van der Waals surface area contributed by atoms with E-state index in [1.54, 1.807) is 0 Å². The first-order valence-electron chi connectivity index (χ1n) is 7.64. The lowest BCUT2D eigenvalue weighted by Gasteiger charge is -2.16. The summed E-state index contributed by atoms with van der Waals surface area (Å²) >= 11 is 0. The van der Waals surface area contributed by atoms with Crippen LogP contribution in [0.25, 0.3) is 0 Å². The fraction of sp³-hybridized carbons (Fsp3) is 0.588. The number of carbonyl (C=O) groups is 1. The molecule has 1 rings (SSSR count). The number of nitrogens with one attached hydrogen (secondary N) is 2. The van der Waals surface area contributed by atoms with Gasteiger partial charge in [0, 0.05) is 12.1 Å². The predicted molar refractivity (Wildman–Crippen MR) is 86.5 cm³/mol. The minimum atomic E-state index is 0.0220. The van der Waals surface area contributed by atoms with Crippen LogP contribution < -0.4 is 15.4 Å². The van der Waals surface area contributed by atoms with E-state index in [-0.39, 0.29) is 18.0 Å². The second-order valence-electron chi connectivity index (χ2n) is 6.10. The van der Waals surface area contributed by atoms with Crippen molar-refractivity contribution in [2.75, 3.05) is 13.2 Å². The Balaban J connectivity index is 2.44. The molecule has 0 aliphatic rings. The van der Waals surface area contributed by atoms with Gasteiger partial charge in [0.15, 0.2) is 0 Å². The van der Waals surface area contributed by atoms with Gasteiger partial charge in [0.2, 0.25) is 5.91 Å². The van der Waals surface area contributed by atoms with Crippen LogP contribution in [0, 0.1) is 5.92 Å². The quantitative estimate of drug-likeness (QED) is 0.774. The predicted octanol–water partition coefficient (Wildman–Crippen LogP) is 2.90. The molecule has 0 aliphatic heterocycles. The summed E-state index contributed by atoms with van der Waals surface area (Å²) in [5, 5.41) is 6.09. The van der Waals surface area contributed by atoms with Gasteiger partial charge in [0.05, 0.1) is 13.2 Å². The summed E-state index contributed by atoms with van der Waals surface area (Å²) < 4.78 is 5.66. The van der Waals surface area contributed by atoms with Crippen LogP contribution in [0.4, 0.5) is 0 Å². The normalized spacial score (nSPS) is 12.5. The van der Waals surface area contributed by atoms with Crippen molar-refractivity contribution in [2.45, 2.75) is 46.7 Å². The van der Waals surface area contributed by atoms with E-state index in [0.29, 0.717) is 12.5 Å². The smallest absolute Gasteiger partial charge is 0.234 e. The van der Waals surface area contributed by atoms with Crippen molar-refractivity contribution >= 4 is 5.91 Å². The van der Waals surface area contributed by atoms with Gasteiger partial charge in [-0.2, -0.15) is 0 Å². The van der Waals surface area contributed by atoms with E-state index in [4.69, 9.17) is 4.74 Å². The average molecular weight is 292 g/mol. The molecule has 0 aromatic heterocycles. The van der Waals surface area contributed by atoms with Gasteiger partial charge in [0.1, 0.15) is 5.75 Å². The molecule has 0 bridgehead atoms. The Morgan fingerprint density at radius 1 is 1.10 bits per heavy atom. The van der Waals surface area contributed by atoms with Gasteiger partial charge in [-0.15, -0.1) is 0 Å². The summed E-state index contributed by atoms with van der Waals surface area (Å²) in [5.41, 5.74) is 1.14. The molecule has 0 spiro atoms. The van der Waals surface area contributed by atoms with Gasteiger partial charge in [-0.1, -0.05) is 26.0 Å². The Kier molecular flexibility index (Phi) is 7.23. The molecule has 0 heterocycles. The standard InChI is InChI=1S/C17H28N2O2/c1-12(2)11-21-16-8-6-15(7-9-16)14(5)18-10-17(20)19-13(3)4/h6-9,12-14,18H,10-11H2,1-5H3,(H,19,20). The average Bonchev–Trinajstić information content (AvgIpc) is 2.42. The Hall–Kier alpha value is -1.55. The number of amides is 1. The highest BCUT2D eigenvalue weighted by atomic mass is 16.5. The van der Waals surface area contributed by atoms with Crippen molar-refractivity contribution in [1.82, 2.24) is 10.6 Å². The molecule has 2 N–H and O–H groups in total. The number of benzene rings is 1. The molecule has 1 unspecified atom stereocenters. The van der Waals surface area contributed by atoms with Crippen LogP contribution in [0.5, 0.6) is 5.75 Å². The SMILES string of the molecule is CC(C)COc1ccc(C(C)NCC(=O)NC(C)C)cc1. The Labute approximate surface area is 128 Å². The highest BCUT2D eigenvalue weighted by Gasteiger charge is 2.08. The van der Waals surface area contributed by atoms with Crippen LogP contribution in [0.2, 0.25) is 0 Å². The van der Waals surface area contributed by atoms with Gasteiger partial charge in [0.25, 0.3) is 0 Å². The van der Waals surface area contributed by atoms with Crippen LogP contribution in [0.15, 0.2) is 24.3 Å². The zero-order valence-corrected chi connectivity index (χ0v) is 13.8. The molecule has 0 fully saturated rings. The van der Waals surface area contributed by atoms with Crippen molar-refractivity contribution < 1.29 is 9.53 Å². The van der Waals surface area contributed by atoms with Crippen molar-refractivity contribution in [1.29, 1.82) is 0 Å². The van der Waals surface area contributed by atoms with Crippen LogP contribution in [0.1, 0.15) is 46.2 Å². The topological polar surface area (TPSA) is 50.4 Å². The lowest BCUT2D eigenvalue weighted by atomic mass is 10.1. The van der Waals surface area contributed by atoms with Crippen molar-refractivity contribution in [3.63, 3.8) is 0 Å². The lowest BCUT2D eigenvalue weighted by molar-refractivity contribution is -0.120. The van der Waals surface area contributed by atoms with E-state index in [1.807, 2.05) is 45.0 Å². The first-order valence-corrected chi connectivity index (χ1v) is 7.64. The number of hydrogen-bond acceptors (Lipinski definition) is 3. The molecular weight excluding hydrogens is 264 g/mol. The summed E-state index contributed by atoms with van der Waals surface area (Å²) in [6.07, 6.45) is 0. The molecule has 21 heavy (non-hydrogen) atoms. The molecule has 1 atom stereocenters. The summed E-state index contributed by atoms with van der Waals surface area (Å²) in [4.78, 5) is 11.6. The zero-order valence-electron chi connectivity index (χ0n) is 13.8. The molecule has 1 aromatic rings. The Bertz CT molecular complexity index is 427. The maximum Gasteiger partial charge on any atom is 0.234 e. The fourth-order valence-electron chi connectivity index (χ4n) is 1.85. The van der Waals surface area contributed by atoms with Gasteiger partial charge in [-0.05, 0) is 44.4 Å². The molecular formula is C17H28N2O2. The molecule has 0 saturated carbocycles. The minimum absolute atomic E-state index is 0.0220. The van der Waals surface area contributed by atoms with Crippen LogP contribution in [-0.2, 0) is 4.79 Å². The molecule has 1 aromatic carbocycles. The monoisotopic (exact) mass is 292 g/mol. The number of ether oxygens (including phenoxy) is 1.